The van der Waals surface area contributed by atoms with E-state index in [2.05, 4.69) is 15.4 Å². The van der Waals surface area contributed by atoms with E-state index in [-0.39, 0.29) is 17.6 Å². The van der Waals surface area contributed by atoms with E-state index in [1.807, 2.05) is 36.4 Å². The predicted molar refractivity (Wildman–Crippen MR) is 117 cm³/mol. The Balaban J connectivity index is 1.43. The first-order valence-corrected chi connectivity index (χ1v) is 10.1. The molecule has 1 fully saturated rings. The van der Waals surface area contributed by atoms with Crippen LogP contribution in [0.15, 0.2) is 65.7 Å². The molecule has 0 saturated heterocycles. The number of nitrogens with one attached hydrogen (secondary N) is 1. The Bertz CT molecular complexity index is 1410. The highest BCUT2D eigenvalue weighted by Crippen LogP contribution is 2.40. The average Bonchev–Trinajstić information content (AvgIpc) is 3.56. The predicted octanol–water partition coefficient (Wildman–Crippen LogP) is 3.01. The van der Waals surface area contributed by atoms with Crippen molar-refractivity contribution < 1.29 is 9.72 Å². The van der Waals surface area contributed by atoms with Crippen LogP contribution in [0.25, 0.3) is 16.6 Å². The first-order chi connectivity index (χ1) is 15.5. The number of hydrogen-bond donors (Lipinski definition) is 1. The van der Waals surface area contributed by atoms with E-state index in [9.17, 15) is 19.7 Å². The Labute approximate surface area is 181 Å². The molecule has 0 unspecified atom stereocenters. The zero-order valence-corrected chi connectivity index (χ0v) is 16.8. The van der Waals surface area contributed by atoms with E-state index in [0.29, 0.717) is 17.3 Å². The molecule has 10 heteroatoms. The molecule has 0 radical (unpaired) electrons. The molecule has 0 aliphatic heterocycles. The molecule has 0 bridgehead atoms. The number of hydrogen-bond acceptors (Lipinski definition) is 6. The zero-order chi connectivity index (χ0) is 22.2. The third-order valence-electron chi connectivity index (χ3n) is 5.32. The minimum absolute atomic E-state index is 0.0832. The van der Waals surface area contributed by atoms with E-state index in [1.54, 1.807) is 4.68 Å². The summed E-state index contributed by atoms with van der Waals surface area (Å²) in [6, 6.07) is 15.2. The fourth-order valence-electron chi connectivity index (χ4n) is 3.54. The molecule has 0 spiro atoms. The fraction of sp³-hybridized carbons (Fsp3) is 0.182. The lowest BCUT2D eigenvalue weighted by Gasteiger charge is -2.10. The number of anilines is 1. The molecule has 1 aliphatic rings. The molecule has 1 amide bonds. The van der Waals surface area contributed by atoms with Crippen LogP contribution in [0.4, 0.5) is 11.5 Å². The van der Waals surface area contributed by atoms with Crippen molar-refractivity contribution in [1.82, 2.24) is 19.3 Å². The van der Waals surface area contributed by atoms with Gasteiger partial charge < -0.3 is 5.32 Å². The molecule has 2 aromatic heterocycles. The Morgan fingerprint density at radius 3 is 2.66 bits per heavy atom. The maximum absolute atomic E-state index is 12.8. The second-order valence-corrected chi connectivity index (χ2v) is 7.66. The van der Waals surface area contributed by atoms with Gasteiger partial charge in [0.05, 0.1) is 33.5 Å². The van der Waals surface area contributed by atoms with Gasteiger partial charge in [-0.2, -0.15) is 5.10 Å². The molecular formula is C22H18N6O4. The van der Waals surface area contributed by atoms with E-state index in [0.717, 1.165) is 28.8 Å². The Kier molecular flexibility index (Phi) is 4.74. The van der Waals surface area contributed by atoms with Crippen molar-refractivity contribution in [3.63, 3.8) is 0 Å². The Hall–Kier alpha value is -4.34. The van der Waals surface area contributed by atoms with Crippen LogP contribution in [-0.2, 0) is 11.3 Å². The lowest BCUT2D eigenvalue weighted by Crippen LogP contribution is -2.28. The van der Waals surface area contributed by atoms with Crippen LogP contribution < -0.4 is 10.9 Å². The summed E-state index contributed by atoms with van der Waals surface area (Å²) in [5.41, 5.74) is 1.32. The number of aromatic nitrogens is 4. The molecule has 1 aliphatic carbocycles. The molecule has 1 N–H and O–H groups in total. The van der Waals surface area contributed by atoms with Crippen molar-refractivity contribution >= 4 is 28.3 Å². The van der Waals surface area contributed by atoms with Crippen LogP contribution in [0.5, 0.6) is 0 Å². The monoisotopic (exact) mass is 430 g/mol. The van der Waals surface area contributed by atoms with Gasteiger partial charge in [0, 0.05) is 24.1 Å². The molecule has 32 heavy (non-hydrogen) atoms. The number of carbonyl (C=O) groups is 1. The molecule has 160 valence electrons. The van der Waals surface area contributed by atoms with Gasteiger partial charge in [-0.05, 0) is 31.0 Å². The van der Waals surface area contributed by atoms with Gasteiger partial charge in [-0.25, -0.2) is 9.67 Å². The van der Waals surface area contributed by atoms with Gasteiger partial charge in [-0.3, -0.25) is 24.3 Å². The van der Waals surface area contributed by atoms with E-state index in [1.165, 1.54) is 24.5 Å². The summed E-state index contributed by atoms with van der Waals surface area (Å²) in [6.07, 6.45) is 3.41. The van der Waals surface area contributed by atoms with E-state index in [4.69, 9.17) is 0 Å². The van der Waals surface area contributed by atoms with Gasteiger partial charge in [0.25, 0.3) is 11.2 Å². The molecule has 1 saturated carbocycles. The maximum atomic E-state index is 12.8. The second-order valence-electron chi connectivity index (χ2n) is 7.66. The van der Waals surface area contributed by atoms with Crippen molar-refractivity contribution in [3.8, 4) is 5.69 Å². The quantitative estimate of drug-likeness (QED) is 0.370. The number of nitro groups is 1. The van der Waals surface area contributed by atoms with E-state index < -0.39 is 16.4 Å². The number of fused-ring (bicyclic) bond motifs is 1. The number of amides is 1. The minimum atomic E-state index is -0.578. The Morgan fingerprint density at radius 1 is 1.16 bits per heavy atom. The van der Waals surface area contributed by atoms with Crippen LogP contribution in [0.1, 0.15) is 24.5 Å². The van der Waals surface area contributed by atoms with Crippen molar-refractivity contribution in [3.05, 3.63) is 87.1 Å². The molecular weight excluding hydrogens is 412 g/mol. The molecule has 2 aromatic carbocycles. The van der Waals surface area contributed by atoms with Crippen molar-refractivity contribution in [1.29, 1.82) is 0 Å². The highest BCUT2D eigenvalue weighted by Gasteiger charge is 2.28. The third-order valence-corrected chi connectivity index (χ3v) is 5.32. The first-order valence-electron chi connectivity index (χ1n) is 10.1. The summed E-state index contributed by atoms with van der Waals surface area (Å²) in [7, 11) is 0. The van der Waals surface area contributed by atoms with Crippen molar-refractivity contribution in [2.45, 2.75) is 25.3 Å². The standard InChI is InChI=1S/C22H18N6O4/c29-21(12-26-13-23-18-9-8-16(28(31)32)10-17(18)22(26)30)24-20-11-19(14-6-7-14)25-27(20)15-4-2-1-3-5-15/h1-5,8-11,13-14H,6-7,12H2,(H,24,29). The Morgan fingerprint density at radius 2 is 1.94 bits per heavy atom. The topological polar surface area (TPSA) is 125 Å². The highest BCUT2D eigenvalue weighted by molar-refractivity contribution is 5.90. The molecule has 10 nitrogen and oxygen atoms in total. The van der Waals surface area contributed by atoms with Gasteiger partial charge in [-0.1, -0.05) is 18.2 Å². The normalized spacial score (nSPS) is 13.2. The molecule has 0 atom stereocenters. The van der Waals surface area contributed by atoms with Crippen LogP contribution >= 0.6 is 0 Å². The fourth-order valence-corrected chi connectivity index (χ4v) is 3.54. The van der Waals surface area contributed by atoms with Crippen molar-refractivity contribution in [2.75, 3.05) is 5.32 Å². The SMILES string of the molecule is O=C(Cn1cnc2ccc([N+](=O)[O-])cc2c1=O)Nc1cc(C2CC2)nn1-c1ccccc1. The summed E-state index contributed by atoms with van der Waals surface area (Å²) in [5, 5.41) is 18.6. The minimum Gasteiger partial charge on any atom is -0.309 e. The van der Waals surface area contributed by atoms with Gasteiger partial charge in [0.15, 0.2) is 0 Å². The van der Waals surface area contributed by atoms with Crippen LogP contribution in [-0.4, -0.2) is 30.2 Å². The molecule has 4 aromatic rings. The largest absolute Gasteiger partial charge is 0.309 e. The van der Waals surface area contributed by atoms with Gasteiger partial charge in [-0.15, -0.1) is 0 Å². The lowest BCUT2D eigenvalue weighted by atomic mass is 10.2. The summed E-state index contributed by atoms with van der Waals surface area (Å²) in [5.74, 6) is 0.484. The lowest BCUT2D eigenvalue weighted by molar-refractivity contribution is -0.384. The zero-order valence-electron chi connectivity index (χ0n) is 16.8. The number of nitrogens with zero attached hydrogens (tertiary/aromatic N) is 5. The number of benzene rings is 2. The van der Waals surface area contributed by atoms with Crippen molar-refractivity contribution in [2.24, 2.45) is 0 Å². The van der Waals surface area contributed by atoms with E-state index >= 15 is 0 Å². The summed E-state index contributed by atoms with van der Waals surface area (Å²) in [4.78, 5) is 40.2. The van der Waals surface area contributed by atoms with Gasteiger partial charge >= 0.3 is 0 Å². The maximum Gasteiger partial charge on any atom is 0.270 e. The summed E-state index contributed by atoms with van der Waals surface area (Å²) in [6.45, 7) is -0.288. The number of rotatable bonds is 6. The number of non-ortho nitro benzene ring substituents is 1. The number of carbonyl (C=O) groups excluding carboxylic acids is 1. The smallest absolute Gasteiger partial charge is 0.270 e. The highest BCUT2D eigenvalue weighted by atomic mass is 16.6. The second kappa shape index (κ2) is 7.73. The summed E-state index contributed by atoms with van der Waals surface area (Å²) < 4.78 is 2.81. The van der Waals surface area contributed by atoms with Gasteiger partial charge in [0.2, 0.25) is 5.91 Å². The molecule has 2 heterocycles. The number of para-hydroxylation sites is 1. The van der Waals surface area contributed by atoms with Gasteiger partial charge in [0.1, 0.15) is 12.4 Å². The molecule has 5 rings (SSSR count). The average molecular weight is 430 g/mol. The van der Waals surface area contributed by atoms with Crippen LogP contribution in [0.3, 0.4) is 0 Å². The van der Waals surface area contributed by atoms with Crippen LogP contribution in [0, 0.1) is 10.1 Å². The first kappa shape index (κ1) is 19.6. The van der Waals surface area contributed by atoms with Crippen LogP contribution in [0.2, 0.25) is 0 Å². The third kappa shape index (κ3) is 3.73. The summed E-state index contributed by atoms with van der Waals surface area (Å²) >= 11 is 0. The number of nitro benzene ring substituents is 1.